The fourth-order valence-corrected chi connectivity index (χ4v) is 1.39. The van der Waals surface area contributed by atoms with E-state index in [1.807, 2.05) is 27.7 Å². The van der Waals surface area contributed by atoms with Gasteiger partial charge in [0, 0.05) is 12.1 Å². The number of carbonyl (C=O) groups is 1. The van der Waals surface area contributed by atoms with Crippen molar-refractivity contribution in [3.8, 4) is 0 Å². The van der Waals surface area contributed by atoms with E-state index < -0.39 is 0 Å². The van der Waals surface area contributed by atoms with Crippen molar-refractivity contribution >= 4 is 5.91 Å². The summed E-state index contributed by atoms with van der Waals surface area (Å²) in [4.78, 5) is 13.1. The first-order valence-electron chi connectivity index (χ1n) is 4.40. The molecule has 1 amide bonds. The summed E-state index contributed by atoms with van der Waals surface area (Å²) in [6.45, 7) is 7.53. The highest BCUT2D eigenvalue weighted by Gasteiger charge is 2.18. The number of carbonyl (C=O) groups excluding carboxylic acids is 1. The van der Waals surface area contributed by atoms with Crippen molar-refractivity contribution in [2.75, 3.05) is 6.61 Å². The first-order valence-corrected chi connectivity index (χ1v) is 4.40. The van der Waals surface area contributed by atoms with Crippen LogP contribution >= 0.6 is 0 Å². The van der Waals surface area contributed by atoms with Crippen LogP contribution in [0.25, 0.3) is 0 Å². The maximum Gasteiger partial charge on any atom is 0.225 e. The Morgan fingerprint density at radius 1 is 1.17 bits per heavy atom. The summed E-state index contributed by atoms with van der Waals surface area (Å²) in [5.41, 5.74) is 0. The minimum absolute atomic E-state index is 0.0324. The van der Waals surface area contributed by atoms with Gasteiger partial charge in [-0.05, 0) is 27.7 Å². The maximum absolute atomic E-state index is 11.4. The molecule has 0 aliphatic heterocycles. The zero-order valence-electron chi connectivity index (χ0n) is 8.33. The van der Waals surface area contributed by atoms with Crippen molar-refractivity contribution in [1.82, 2.24) is 4.90 Å². The molecule has 0 aromatic carbocycles. The number of amides is 1. The van der Waals surface area contributed by atoms with Crippen molar-refractivity contribution in [2.45, 2.75) is 46.2 Å². The lowest BCUT2D eigenvalue weighted by Crippen LogP contribution is -2.42. The van der Waals surface area contributed by atoms with Crippen LogP contribution in [-0.4, -0.2) is 29.5 Å². The Hall–Kier alpha value is -0.570. The third-order valence-corrected chi connectivity index (χ3v) is 1.72. The lowest BCUT2D eigenvalue weighted by atomic mass is 10.2. The van der Waals surface area contributed by atoms with E-state index in [1.165, 1.54) is 0 Å². The second-order valence-corrected chi connectivity index (χ2v) is 3.44. The summed E-state index contributed by atoms with van der Waals surface area (Å²) in [6, 6.07) is 0.369. The summed E-state index contributed by atoms with van der Waals surface area (Å²) in [5.74, 6) is -0.0324. The molecule has 0 atom stereocenters. The fourth-order valence-electron chi connectivity index (χ4n) is 1.39. The van der Waals surface area contributed by atoms with Crippen LogP contribution in [0.3, 0.4) is 0 Å². The molecule has 0 saturated heterocycles. The number of hydrogen-bond acceptors (Lipinski definition) is 1. The molecule has 0 aromatic heterocycles. The molecule has 0 aliphatic carbocycles. The van der Waals surface area contributed by atoms with Crippen molar-refractivity contribution in [3.63, 3.8) is 0 Å². The molecular weight excluding hydrogens is 154 g/mol. The van der Waals surface area contributed by atoms with Crippen molar-refractivity contribution in [1.29, 1.82) is 0 Å². The highest BCUT2D eigenvalue weighted by Crippen LogP contribution is 2.06. The average molecular weight is 172 g/mol. The zero-order chi connectivity index (χ0) is 9.72. The third-order valence-electron chi connectivity index (χ3n) is 1.72. The van der Waals surface area contributed by atoms with E-state index in [-0.39, 0.29) is 31.0 Å². The van der Waals surface area contributed by atoms with Crippen LogP contribution in [0, 0.1) is 0 Å². The zero-order valence-corrected chi connectivity index (χ0v) is 8.33. The first-order chi connectivity index (χ1) is 5.50. The largest absolute Gasteiger partial charge is 0.338 e. The van der Waals surface area contributed by atoms with Crippen molar-refractivity contribution < 1.29 is 9.90 Å². The monoisotopic (exact) mass is 172 g/mol. The molecule has 0 bridgehead atoms. The topological polar surface area (TPSA) is 40.2 Å². The van der Waals surface area contributed by atoms with Gasteiger partial charge < -0.3 is 4.90 Å². The predicted octanol–water partition coefficient (Wildman–Crippen LogP) is 1.45. The molecule has 0 rings (SSSR count). The molecule has 1 radical (unpaired) electrons. The molecule has 3 heteroatoms. The summed E-state index contributed by atoms with van der Waals surface area (Å²) >= 11 is 0. The Balaban J connectivity index is 4.20. The lowest BCUT2D eigenvalue weighted by molar-refractivity contribution is -0.135. The van der Waals surface area contributed by atoms with Crippen molar-refractivity contribution in [2.24, 2.45) is 0 Å². The summed E-state index contributed by atoms with van der Waals surface area (Å²) in [6.07, 6.45) is 0.121. The van der Waals surface area contributed by atoms with E-state index >= 15 is 0 Å². The van der Waals surface area contributed by atoms with Crippen LogP contribution in [0.1, 0.15) is 34.1 Å². The van der Waals surface area contributed by atoms with E-state index in [0.29, 0.717) is 0 Å². The number of nitrogens with zero attached hydrogens (tertiary/aromatic N) is 1. The SMILES string of the molecule is CC(C)N(C(=O)CC[O])C(C)C. The van der Waals surface area contributed by atoms with Crippen molar-refractivity contribution in [3.05, 3.63) is 0 Å². The molecule has 0 saturated carbocycles. The molecule has 0 aliphatic rings. The smallest absolute Gasteiger partial charge is 0.225 e. The quantitative estimate of drug-likeness (QED) is 0.632. The third kappa shape index (κ3) is 3.22. The molecule has 0 fully saturated rings. The Bertz CT molecular complexity index is 135. The second-order valence-electron chi connectivity index (χ2n) is 3.44. The van der Waals surface area contributed by atoms with Gasteiger partial charge in [-0.2, -0.15) is 0 Å². The van der Waals surface area contributed by atoms with E-state index in [9.17, 15) is 9.90 Å². The minimum Gasteiger partial charge on any atom is -0.338 e. The molecular formula is C9H18NO2. The molecule has 3 nitrogen and oxygen atoms in total. The maximum atomic E-state index is 11.4. The minimum atomic E-state index is -0.311. The highest BCUT2D eigenvalue weighted by molar-refractivity contribution is 5.76. The summed E-state index contributed by atoms with van der Waals surface area (Å²) in [7, 11) is 0. The van der Waals surface area contributed by atoms with Crippen LogP contribution in [0.5, 0.6) is 0 Å². The van der Waals surface area contributed by atoms with E-state index in [4.69, 9.17) is 0 Å². The van der Waals surface area contributed by atoms with Gasteiger partial charge >= 0.3 is 0 Å². The van der Waals surface area contributed by atoms with Crippen LogP contribution in [0.15, 0.2) is 0 Å². The molecule has 71 valence electrons. The molecule has 0 aromatic rings. The molecule has 12 heavy (non-hydrogen) atoms. The standard InChI is InChI=1S/C9H18NO2/c1-7(2)10(8(3)4)9(12)5-6-11/h7-8H,5-6H2,1-4H3. The van der Waals surface area contributed by atoms with Gasteiger partial charge in [0.15, 0.2) is 0 Å². The predicted molar refractivity (Wildman–Crippen MR) is 47.3 cm³/mol. The first kappa shape index (κ1) is 11.4. The van der Waals surface area contributed by atoms with Crippen LogP contribution in [-0.2, 0) is 9.90 Å². The van der Waals surface area contributed by atoms with Gasteiger partial charge in [0.05, 0.1) is 13.0 Å². The van der Waals surface area contributed by atoms with Gasteiger partial charge in [-0.15, -0.1) is 0 Å². The lowest BCUT2D eigenvalue weighted by Gasteiger charge is -2.30. The van der Waals surface area contributed by atoms with Gasteiger partial charge in [-0.1, -0.05) is 0 Å². The van der Waals surface area contributed by atoms with Gasteiger partial charge in [-0.3, -0.25) is 4.79 Å². The number of rotatable bonds is 4. The Morgan fingerprint density at radius 3 is 1.83 bits per heavy atom. The average Bonchev–Trinajstić information content (AvgIpc) is 1.85. The molecule has 0 unspecified atom stereocenters. The fraction of sp³-hybridized carbons (Fsp3) is 0.889. The van der Waals surface area contributed by atoms with E-state index in [1.54, 1.807) is 4.90 Å². The van der Waals surface area contributed by atoms with Gasteiger partial charge in [-0.25, -0.2) is 5.11 Å². The summed E-state index contributed by atoms with van der Waals surface area (Å²) < 4.78 is 0. The number of hydrogen-bond donors (Lipinski definition) is 0. The van der Waals surface area contributed by atoms with E-state index in [0.717, 1.165) is 0 Å². The van der Waals surface area contributed by atoms with Crippen LogP contribution in [0.2, 0.25) is 0 Å². The van der Waals surface area contributed by atoms with Gasteiger partial charge in [0.25, 0.3) is 0 Å². The second kappa shape index (κ2) is 5.14. The normalized spacial score (nSPS) is 10.9. The van der Waals surface area contributed by atoms with Gasteiger partial charge in [0.1, 0.15) is 0 Å². The molecule has 0 heterocycles. The Morgan fingerprint density at radius 2 is 1.58 bits per heavy atom. The van der Waals surface area contributed by atoms with Gasteiger partial charge in [0.2, 0.25) is 5.91 Å². The Labute approximate surface area is 74.4 Å². The molecule has 0 N–H and O–H groups in total. The van der Waals surface area contributed by atoms with E-state index in [2.05, 4.69) is 0 Å². The summed E-state index contributed by atoms with van der Waals surface area (Å²) in [5, 5.41) is 10.2. The van der Waals surface area contributed by atoms with Crippen LogP contribution < -0.4 is 0 Å². The highest BCUT2D eigenvalue weighted by atomic mass is 16.3. The molecule has 0 spiro atoms. The van der Waals surface area contributed by atoms with Crippen LogP contribution in [0.4, 0.5) is 0 Å². The Kier molecular flexibility index (Phi) is 4.90.